The topological polar surface area (TPSA) is 337 Å². The molecule has 24 heteroatoms. The smallest absolute Gasteiger partial charge is 0.857 e. The Bertz CT molecular complexity index is 3820. The minimum absolute atomic E-state index is 0. The van der Waals surface area contributed by atoms with Crippen LogP contribution in [0.3, 0.4) is 0 Å². The van der Waals surface area contributed by atoms with E-state index >= 15 is 0 Å². The number of nitriles is 1. The number of rotatable bonds is 11. The number of methoxy groups -OCH3 is 7. The molecule has 7 N–H and O–H groups in total. The van der Waals surface area contributed by atoms with E-state index in [1.165, 1.54) is 81.7 Å². The minimum atomic E-state index is -0.469. The fourth-order valence-electron chi connectivity index (χ4n) is 10.6. The van der Waals surface area contributed by atoms with Crippen LogP contribution in [0, 0.1) is 38.4 Å². The number of nitrogens with one attached hydrogen (secondary N) is 2. The van der Waals surface area contributed by atoms with E-state index in [0.29, 0.717) is 124 Å². The van der Waals surface area contributed by atoms with Crippen LogP contribution in [0.15, 0.2) is 87.2 Å². The van der Waals surface area contributed by atoms with Gasteiger partial charge in [-0.3, -0.25) is 53.3 Å². The van der Waals surface area contributed by atoms with Crippen molar-refractivity contribution in [2.45, 2.75) is 80.1 Å². The maximum Gasteiger partial charge on any atom is 1.00 e. The number of pyridine rings is 3. The van der Waals surface area contributed by atoms with Crippen LogP contribution in [-0.2, 0) is 24.0 Å². The van der Waals surface area contributed by atoms with Crippen molar-refractivity contribution in [3.8, 4) is 57.6 Å². The van der Waals surface area contributed by atoms with Gasteiger partial charge in [0.05, 0.1) is 72.4 Å². The van der Waals surface area contributed by atoms with Crippen molar-refractivity contribution >= 4 is 41.5 Å². The average molecular weight is 1210 g/mol. The van der Waals surface area contributed by atoms with Gasteiger partial charge in [-0.15, -0.1) is 12.4 Å². The van der Waals surface area contributed by atoms with Gasteiger partial charge in [-0.1, -0.05) is 41.5 Å². The van der Waals surface area contributed by atoms with Gasteiger partial charge in [0.1, 0.15) is 57.5 Å². The number of halogens is 1. The summed E-state index contributed by atoms with van der Waals surface area (Å²) in [6.45, 7) is 12.0. The monoisotopic (exact) mass is 1210 g/mol. The Morgan fingerprint density at radius 3 is 1.09 bits per heavy atom. The quantitative estimate of drug-likeness (QED) is 0.0774. The molecule has 0 fully saturated rings. The predicted octanol–water partition coefficient (Wildman–Crippen LogP) is 4.72. The molecule has 0 saturated carbocycles. The molecule has 454 valence electrons. The van der Waals surface area contributed by atoms with Gasteiger partial charge in [0, 0.05) is 71.2 Å². The van der Waals surface area contributed by atoms with Gasteiger partial charge < -0.3 is 50.1 Å². The summed E-state index contributed by atoms with van der Waals surface area (Å²) in [7, 11) is 11.2. The summed E-state index contributed by atoms with van der Waals surface area (Å²) >= 11 is 0. The van der Waals surface area contributed by atoms with E-state index in [9.17, 15) is 34.0 Å². The van der Waals surface area contributed by atoms with Crippen LogP contribution in [0.2, 0.25) is 0 Å². The molecule has 9 rings (SSSR count). The zero-order chi connectivity index (χ0) is 61.6. The van der Waals surface area contributed by atoms with Gasteiger partial charge in [0.15, 0.2) is 17.3 Å². The second kappa shape index (κ2) is 29.4. The first-order chi connectivity index (χ1) is 39.2. The molecular weight excluding hydrogens is 1140 g/mol. The molecule has 22 nitrogen and oxygen atoms in total. The van der Waals surface area contributed by atoms with Crippen LogP contribution in [-0.4, -0.2) is 99.7 Å². The van der Waals surface area contributed by atoms with Crippen molar-refractivity contribution in [3.63, 3.8) is 0 Å². The summed E-state index contributed by atoms with van der Waals surface area (Å²) in [5.41, 5.74) is 7.78. The Morgan fingerprint density at radius 1 is 0.500 bits per heavy atom. The first kappa shape index (κ1) is 72.2. The summed E-state index contributed by atoms with van der Waals surface area (Å²) in [6, 6.07) is 21.6. The molecule has 0 spiro atoms. The first-order valence-electron chi connectivity index (χ1n) is 26.1. The maximum absolute atomic E-state index is 13.4. The van der Waals surface area contributed by atoms with Crippen molar-refractivity contribution < 1.29 is 82.2 Å². The number of amidine groups is 1. The Labute approximate surface area is 527 Å². The van der Waals surface area contributed by atoms with Gasteiger partial charge >= 0.3 is 29.6 Å². The number of nitrogens with zero attached hydrogens (tertiary/aromatic N) is 4. The van der Waals surface area contributed by atoms with E-state index in [4.69, 9.17) is 54.8 Å². The zero-order valence-corrected chi connectivity index (χ0v) is 54.2. The third-order valence-corrected chi connectivity index (χ3v) is 14.4. The van der Waals surface area contributed by atoms with Crippen LogP contribution < -0.4 is 91.6 Å². The van der Waals surface area contributed by atoms with Crippen LogP contribution >= 0.6 is 12.4 Å². The second-order valence-corrected chi connectivity index (χ2v) is 22.2. The van der Waals surface area contributed by atoms with Crippen LogP contribution in [0.25, 0.3) is 17.1 Å². The normalized spacial score (nSPS) is 14.3. The number of ether oxygens (including phenoxy) is 7. The Morgan fingerprint density at radius 2 is 0.802 bits per heavy atom. The van der Waals surface area contributed by atoms with E-state index in [-0.39, 0.29) is 110 Å². The fraction of sp³-hybridized carbons (Fsp3) is 0.371. The number of ketones is 3. The fourth-order valence-corrected chi connectivity index (χ4v) is 10.6. The van der Waals surface area contributed by atoms with Crippen molar-refractivity contribution in [2.75, 3.05) is 56.9 Å². The number of benzene rings is 3. The standard InChI is InChI=1S/C21H24N2O5.C20H23N3O4.C20H20N2O4.CH3O.ClH.H3N.Na/c1-21(2)10-16-13(17(24)11-21)9-14(19(22)28-5)20(25)23(16)15-8-12(26-3)6-7-18(15)27-4;1-20(2)9-15-12(16(24)10-20)8-13(18(21)22)19(25)23(15)14-7-11(26-3)5-6-17(14)27-4;1-20(2)9-16-14(17(23)10-20)7-12(11-21)19(24)22(16)15-8-13(25-3)5-6-18(15)26-4;1-2;;;/h6-9,22H,10-11H2,1-5H3;5-8H,9-10H2,1-4H3,(H3,21,22);5-8H,9-10H2,1-4H3;1H3;1H;1H3;/q;;;-1;;;+1. The number of hydrogen-bond acceptors (Lipinski definition) is 18. The molecule has 0 radical (unpaired) electrons. The summed E-state index contributed by atoms with van der Waals surface area (Å²) in [6.07, 6.45) is 2.71. The molecule has 3 aliphatic rings. The molecule has 0 saturated heterocycles. The third-order valence-electron chi connectivity index (χ3n) is 14.4. The SMILES string of the molecule is COC(=N)c1cc2c(n(-c3cc(OC)ccc3OC)c1=O)CC(C)(C)CC2=O.COc1ccc(OC)c(-n2c3c(cc(C#N)c2=O)C(=O)CC(C)(C)C3)c1.COc1ccc(OC)c(-n2c3c(cc(C(=N)N)c2=O)C(=O)CC(C)(C)C3)c1.C[O-].Cl.N.[Na+]. The van der Waals surface area contributed by atoms with Crippen LogP contribution in [0.1, 0.15) is 126 Å². The van der Waals surface area contributed by atoms with Crippen LogP contribution in [0.4, 0.5) is 0 Å². The van der Waals surface area contributed by atoms with Crippen molar-refractivity contribution in [2.24, 2.45) is 22.0 Å². The largest absolute Gasteiger partial charge is 1.00 e. The van der Waals surface area contributed by atoms with Gasteiger partial charge in [-0.05, 0) is 90.1 Å². The van der Waals surface area contributed by atoms with Crippen LogP contribution in [0.5, 0.6) is 34.5 Å². The van der Waals surface area contributed by atoms with Crippen molar-refractivity contribution in [3.05, 3.63) is 154 Å². The van der Waals surface area contributed by atoms with E-state index < -0.39 is 16.7 Å². The summed E-state index contributed by atoms with van der Waals surface area (Å²) in [5.74, 6) is 2.14. The number of carbonyl (C=O) groups excluding carboxylic acids is 3. The Hall–Kier alpha value is -8.04. The zero-order valence-electron chi connectivity index (χ0n) is 51.4. The van der Waals surface area contributed by atoms with Gasteiger partial charge in [-0.2, -0.15) is 12.4 Å². The maximum atomic E-state index is 13.4. The summed E-state index contributed by atoms with van der Waals surface area (Å²) in [4.78, 5) is 77.8. The molecule has 86 heavy (non-hydrogen) atoms. The Balaban J connectivity index is 0.000000327. The van der Waals surface area contributed by atoms with E-state index in [0.717, 1.165) is 7.11 Å². The molecular formula is C62H74ClN8NaO14. The number of hydrogen-bond donors (Lipinski definition) is 4. The summed E-state index contributed by atoms with van der Waals surface area (Å²) < 4.78 is 41.5. The first-order valence-corrected chi connectivity index (χ1v) is 26.1. The van der Waals surface area contributed by atoms with E-state index in [1.807, 2.05) is 47.6 Å². The minimum Gasteiger partial charge on any atom is -0.857 e. The number of fused-ring (bicyclic) bond motifs is 3. The molecule has 6 aromatic rings. The number of aromatic nitrogens is 3. The molecule has 3 aromatic carbocycles. The molecule has 0 aliphatic heterocycles. The molecule has 0 bridgehead atoms. The molecule has 0 atom stereocenters. The van der Waals surface area contributed by atoms with Gasteiger partial charge in [0.25, 0.3) is 16.7 Å². The second-order valence-electron chi connectivity index (χ2n) is 22.2. The third kappa shape index (κ3) is 15.0. The number of Topliss-reactive ketones (excluding diaryl/α,β-unsaturated/α-hetero) is 3. The molecule has 3 aromatic heterocycles. The number of nitrogen functional groups attached to an aromatic ring is 1. The van der Waals surface area contributed by atoms with E-state index in [1.54, 1.807) is 54.6 Å². The molecule has 0 amide bonds. The number of nitrogens with two attached hydrogens (primary N) is 1. The summed E-state index contributed by atoms with van der Waals surface area (Å²) in [5, 5.41) is 33.4. The van der Waals surface area contributed by atoms with E-state index in [2.05, 4.69) is 0 Å². The Kier molecular flexibility index (Phi) is 24.7. The van der Waals surface area contributed by atoms with Gasteiger partial charge in [0.2, 0.25) is 5.90 Å². The predicted molar refractivity (Wildman–Crippen MR) is 322 cm³/mol. The van der Waals surface area contributed by atoms with Crippen molar-refractivity contribution in [1.82, 2.24) is 19.9 Å². The van der Waals surface area contributed by atoms with Gasteiger partial charge in [-0.25, -0.2) is 0 Å². The molecule has 3 aliphatic carbocycles. The average Bonchev–Trinajstić information content (AvgIpc) is 1.56. The molecule has 3 heterocycles. The van der Waals surface area contributed by atoms with Crippen molar-refractivity contribution in [1.29, 1.82) is 16.1 Å². The molecule has 0 unspecified atom stereocenters. The number of carbonyl (C=O) groups is 3.